The van der Waals surface area contributed by atoms with Crippen LogP contribution in [0, 0.1) is 11.3 Å². The van der Waals surface area contributed by atoms with Gasteiger partial charge in [-0.1, -0.05) is 13.8 Å². The lowest BCUT2D eigenvalue weighted by Gasteiger charge is -2.30. The van der Waals surface area contributed by atoms with Crippen LogP contribution in [-0.2, 0) is 0 Å². The molecule has 1 aliphatic carbocycles. The minimum absolute atomic E-state index is 0.369. The fourth-order valence-corrected chi connectivity index (χ4v) is 1.90. The van der Waals surface area contributed by atoms with Crippen molar-refractivity contribution in [3.05, 3.63) is 0 Å². The molecule has 0 aliphatic heterocycles. The highest BCUT2D eigenvalue weighted by atomic mass is 15.2. The molecule has 1 rings (SSSR count). The zero-order valence-electron chi connectivity index (χ0n) is 10.2. The molecule has 1 atom stereocenters. The molecular weight excluding hydrogens is 186 g/mol. The van der Waals surface area contributed by atoms with Gasteiger partial charge >= 0.3 is 0 Å². The average molecular weight is 209 g/mol. The Morgan fingerprint density at radius 1 is 1.47 bits per heavy atom. The largest absolute Gasteiger partial charge is 0.301 e. The van der Waals surface area contributed by atoms with Gasteiger partial charge in [-0.05, 0) is 39.3 Å². The van der Waals surface area contributed by atoms with Crippen LogP contribution in [0.1, 0.15) is 40.0 Å². The number of likely N-dealkylation sites (N-methyl/N-ethyl adjacent to an activating group) is 1. The summed E-state index contributed by atoms with van der Waals surface area (Å²) in [6.07, 6.45) is 3.62. The second kappa shape index (κ2) is 5.48. The molecule has 0 spiro atoms. The molecule has 0 bridgehead atoms. The van der Waals surface area contributed by atoms with E-state index in [2.05, 4.69) is 30.1 Å². The van der Waals surface area contributed by atoms with Crippen molar-refractivity contribution < 1.29 is 0 Å². The van der Waals surface area contributed by atoms with Crippen LogP contribution in [0.5, 0.6) is 0 Å². The lowest BCUT2D eigenvalue weighted by Crippen LogP contribution is -2.51. The highest BCUT2D eigenvalue weighted by Gasteiger charge is 2.33. The summed E-state index contributed by atoms with van der Waals surface area (Å²) in [5.74, 6) is 0. The first-order valence-electron chi connectivity index (χ1n) is 6.05. The van der Waals surface area contributed by atoms with Gasteiger partial charge in [0.05, 0.1) is 6.07 Å². The lowest BCUT2D eigenvalue weighted by molar-refractivity contribution is 0.228. The maximum absolute atomic E-state index is 9.24. The van der Waals surface area contributed by atoms with Gasteiger partial charge in [0.15, 0.2) is 0 Å². The van der Waals surface area contributed by atoms with Crippen molar-refractivity contribution in [3.8, 4) is 6.07 Å². The minimum atomic E-state index is -0.369. The van der Waals surface area contributed by atoms with Crippen LogP contribution < -0.4 is 5.32 Å². The molecule has 15 heavy (non-hydrogen) atoms. The van der Waals surface area contributed by atoms with E-state index in [4.69, 9.17) is 0 Å². The van der Waals surface area contributed by atoms with Crippen LogP contribution in [-0.4, -0.2) is 36.1 Å². The fourth-order valence-electron chi connectivity index (χ4n) is 1.90. The van der Waals surface area contributed by atoms with Gasteiger partial charge in [0.1, 0.15) is 5.54 Å². The lowest BCUT2D eigenvalue weighted by atomic mass is 10.0. The third kappa shape index (κ3) is 4.19. The SMILES string of the molecule is CCCN(CC)CC(C)(C#N)NC1CC1. The van der Waals surface area contributed by atoms with Gasteiger partial charge in [0.25, 0.3) is 0 Å². The highest BCUT2D eigenvalue weighted by Crippen LogP contribution is 2.22. The van der Waals surface area contributed by atoms with Gasteiger partial charge in [-0.25, -0.2) is 0 Å². The van der Waals surface area contributed by atoms with Crippen LogP contribution in [0.3, 0.4) is 0 Å². The monoisotopic (exact) mass is 209 g/mol. The summed E-state index contributed by atoms with van der Waals surface area (Å²) >= 11 is 0. The normalized spacial score (nSPS) is 19.9. The Hall–Kier alpha value is -0.590. The minimum Gasteiger partial charge on any atom is -0.301 e. The van der Waals surface area contributed by atoms with Crippen LogP contribution in [0.2, 0.25) is 0 Å². The summed E-state index contributed by atoms with van der Waals surface area (Å²) in [6, 6.07) is 3.01. The Kier molecular flexibility index (Phi) is 4.56. The molecule has 1 N–H and O–H groups in total. The summed E-state index contributed by atoms with van der Waals surface area (Å²) in [4.78, 5) is 2.35. The van der Waals surface area contributed by atoms with Crippen LogP contribution in [0.25, 0.3) is 0 Å². The molecule has 1 unspecified atom stereocenters. The number of hydrogen-bond donors (Lipinski definition) is 1. The van der Waals surface area contributed by atoms with Crippen LogP contribution >= 0.6 is 0 Å². The summed E-state index contributed by atoms with van der Waals surface area (Å²) < 4.78 is 0. The summed E-state index contributed by atoms with van der Waals surface area (Å²) in [5.41, 5.74) is -0.369. The molecule has 0 radical (unpaired) electrons. The van der Waals surface area contributed by atoms with E-state index in [-0.39, 0.29) is 5.54 Å². The van der Waals surface area contributed by atoms with E-state index in [0.717, 1.165) is 26.1 Å². The van der Waals surface area contributed by atoms with Gasteiger partial charge in [-0.2, -0.15) is 5.26 Å². The summed E-state index contributed by atoms with van der Waals surface area (Å²) in [7, 11) is 0. The quantitative estimate of drug-likeness (QED) is 0.694. The first kappa shape index (κ1) is 12.5. The molecular formula is C12H23N3. The molecule has 1 aliphatic rings. The molecule has 3 nitrogen and oxygen atoms in total. The topological polar surface area (TPSA) is 39.1 Å². The van der Waals surface area contributed by atoms with Crippen molar-refractivity contribution in [3.63, 3.8) is 0 Å². The Bertz CT molecular complexity index is 230. The Morgan fingerprint density at radius 2 is 2.13 bits per heavy atom. The van der Waals surface area contributed by atoms with Crippen LogP contribution in [0.15, 0.2) is 0 Å². The van der Waals surface area contributed by atoms with E-state index in [1.165, 1.54) is 12.8 Å². The van der Waals surface area contributed by atoms with E-state index >= 15 is 0 Å². The van der Waals surface area contributed by atoms with E-state index in [1.54, 1.807) is 0 Å². The van der Waals surface area contributed by atoms with E-state index in [0.29, 0.717) is 6.04 Å². The molecule has 0 saturated heterocycles. The molecule has 0 amide bonds. The first-order chi connectivity index (χ1) is 7.13. The molecule has 0 heterocycles. The third-order valence-corrected chi connectivity index (χ3v) is 2.87. The second-order valence-electron chi connectivity index (χ2n) is 4.73. The predicted molar refractivity (Wildman–Crippen MR) is 62.6 cm³/mol. The zero-order chi connectivity index (χ0) is 11.3. The predicted octanol–water partition coefficient (Wildman–Crippen LogP) is 1.75. The molecule has 1 fully saturated rings. The first-order valence-corrected chi connectivity index (χ1v) is 6.05. The number of rotatable bonds is 7. The maximum atomic E-state index is 9.24. The van der Waals surface area contributed by atoms with Crippen molar-refractivity contribution >= 4 is 0 Å². The van der Waals surface area contributed by atoms with Crippen LogP contribution in [0.4, 0.5) is 0 Å². The standard InChI is InChI=1S/C12H23N3/c1-4-8-15(5-2)10-12(3,9-13)14-11-6-7-11/h11,14H,4-8,10H2,1-3H3. The molecule has 86 valence electrons. The Labute approximate surface area is 93.5 Å². The molecule has 0 aromatic carbocycles. The number of hydrogen-bond acceptors (Lipinski definition) is 3. The Balaban J connectivity index is 2.45. The third-order valence-electron chi connectivity index (χ3n) is 2.87. The van der Waals surface area contributed by atoms with Gasteiger partial charge in [-0.3, -0.25) is 5.32 Å². The molecule has 1 saturated carbocycles. The summed E-state index contributed by atoms with van der Waals surface area (Å²) in [5, 5.41) is 12.7. The maximum Gasteiger partial charge on any atom is 0.116 e. The molecule has 3 heteroatoms. The van der Waals surface area contributed by atoms with Crippen molar-refractivity contribution in [1.82, 2.24) is 10.2 Å². The van der Waals surface area contributed by atoms with Crippen molar-refractivity contribution in [2.24, 2.45) is 0 Å². The fraction of sp³-hybridized carbons (Fsp3) is 0.917. The Morgan fingerprint density at radius 3 is 2.53 bits per heavy atom. The zero-order valence-corrected chi connectivity index (χ0v) is 10.2. The molecule has 0 aromatic heterocycles. The number of nitrogens with one attached hydrogen (secondary N) is 1. The van der Waals surface area contributed by atoms with E-state index in [1.807, 2.05) is 6.92 Å². The second-order valence-corrected chi connectivity index (χ2v) is 4.73. The van der Waals surface area contributed by atoms with Gasteiger partial charge in [0.2, 0.25) is 0 Å². The molecule has 0 aromatic rings. The van der Waals surface area contributed by atoms with Crippen molar-refractivity contribution in [1.29, 1.82) is 5.26 Å². The van der Waals surface area contributed by atoms with E-state index < -0.39 is 0 Å². The summed E-state index contributed by atoms with van der Waals surface area (Å²) in [6.45, 7) is 9.30. The average Bonchev–Trinajstić information content (AvgIpc) is 3.01. The smallest absolute Gasteiger partial charge is 0.116 e. The van der Waals surface area contributed by atoms with Gasteiger partial charge in [0, 0.05) is 12.6 Å². The van der Waals surface area contributed by atoms with Crippen molar-refractivity contribution in [2.75, 3.05) is 19.6 Å². The highest BCUT2D eigenvalue weighted by molar-refractivity contribution is 5.08. The van der Waals surface area contributed by atoms with Crippen molar-refractivity contribution in [2.45, 2.75) is 51.6 Å². The van der Waals surface area contributed by atoms with Gasteiger partial charge < -0.3 is 4.90 Å². The number of nitrogens with zero attached hydrogens (tertiary/aromatic N) is 2. The van der Waals surface area contributed by atoms with Gasteiger partial charge in [-0.15, -0.1) is 0 Å². The van der Waals surface area contributed by atoms with E-state index in [9.17, 15) is 5.26 Å². The number of nitriles is 1.